The smallest absolute Gasteiger partial charge is 0.257 e. The zero-order chi connectivity index (χ0) is 17.6. The third-order valence-corrected chi connectivity index (χ3v) is 4.09. The number of Topliss-reactive ketones (excluding diaryl/α,β-unsaturated/α-hetero) is 1. The van der Waals surface area contributed by atoms with Gasteiger partial charge in [0.2, 0.25) is 5.88 Å². The summed E-state index contributed by atoms with van der Waals surface area (Å²) in [4.78, 5) is 31.8. The van der Waals surface area contributed by atoms with Crippen LogP contribution in [-0.2, 0) is 6.42 Å². The molecular formula is C18H22N4O3. The average Bonchev–Trinajstić information content (AvgIpc) is 3.06. The highest BCUT2D eigenvalue weighted by atomic mass is 16.5. The number of aromatic amines is 1. The molecule has 7 nitrogen and oxygen atoms in total. The summed E-state index contributed by atoms with van der Waals surface area (Å²) >= 11 is 0. The molecule has 0 saturated heterocycles. The Morgan fingerprint density at radius 1 is 1.36 bits per heavy atom. The maximum Gasteiger partial charge on any atom is 0.257 e. The summed E-state index contributed by atoms with van der Waals surface area (Å²) in [7, 11) is 0. The number of hydrogen-bond acceptors (Lipinski definition) is 5. The van der Waals surface area contributed by atoms with Gasteiger partial charge < -0.3 is 20.4 Å². The Morgan fingerprint density at radius 2 is 2.24 bits per heavy atom. The molecule has 3 rings (SSSR count). The number of pyridine rings is 1. The number of aryl methyl sites for hydroxylation is 1. The van der Waals surface area contributed by atoms with E-state index in [0.717, 1.165) is 31.6 Å². The van der Waals surface area contributed by atoms with Gasteiger partial charge in [0.05, 0.1) is 23.0 Å². The van der Waals surface area contributed by atoms with Crippen molar-refractivity contribution in [3.63, 3.8) is 0 Å². The van der Waals surface area contributed by atoms with E-state index in [1.807, 2.05) is 6.92 Å². The Labute approximate surface area is 146 Å². The van der Waals surface area contributed by atoms with Gasteiger partial charge in [-0.1, -0.05) is 6.92 Å². The van der Waals surface area contributed by atoms with Crippen molar-refractivity contribution in [2.45, 2.75) is 26.2 Å². The van der Waals surface area contributed by atoms with Crippen LogP contribution in [0.15, 0.2) is 24.5 Å². The number of hydrogen-bond donors (Lipinski definition) is 3. The van der Waals surface area contributed by atoms with Gasteiger partial charge in [-0.25, -0.2) is 4.98 Å². The first-order valence-electron chi connectivity index (χ1n) is 8.53. The van der Waals surface area contributed by atoms with Crippen LogP contribution < -0.4 is 15.4 Å². The number of H-pyrrole nitrogens is 1. The summed E-state index contributed by atoms with van der Waals surface area (Å²) in [6.45, 7) is 4.21. The number of amides is 1. The number of nitrogens with one attached hydrogen (secondary N) is 3. The van der Waals surface area contributed by atoms with Crippen molar-refractivity contribution >= 4 is 17.4 Å². The molecule has 2 aromatic heterocycles. The Hall–Kier alpha value is -2.67. The standard InChI is InChI=1S/C18H22N4O3/c1-2-19-8-9-25-16-7-6-12(10-21-16)22-18(24)13-11-20-14-4-3-5-15(23)17(13)14/h6-7,10-11,19-20H,2-5,8-9H2,1H3,(H,22,24). The number of rotatable bonds is 7. The predicted molar refractivity (Wildman–Crippen MR) is 94.3 cm³/mol. The van der Waals surface area contributed by atoms with Gasteiger partial charge in [0.1, 0.15) is 6.61 Å². The fourth-order valence-corrected chi connectivity index (χ4v) is 2.85. The minimum absolute atomic E-state index is 0.0233. The number of fused-ring (bicyclic) bond motifs is 1. The van der Waals surface area contributed by atoms with E-state index in [1.54, 1.807) is 24.5 Å². The third-order valence-electron chi connectivity index (χ3n) is 4.09. The third kappa shape index (κ3) is 4.06. The molecule has 3 N–H and O–H groups in total. The molecule has 0 fully saturated rings. The van der Waals surface area contributed by atoms with Gasteiger partial charge in [0.25, 0.3) is 5.91 Å². The second kappa shape index (κ2) is 7.94. The first-order chi connectivity index (χ1) is 12.2. The number of ether oxygens (including phenoxy) is 1. The van der Waals surface area contributed by atoms with Crippen LogP contribution in [-0.4, -0.2) is 41.4 Å². The monoisotopic (exact) mass is 342 g/mol. The average molecular weight is 342 g/mol. The number of likely N-dealkylation sites (N-methyl/N-ethyl adjacent to an activating group) is 1. The lowest BCUT2D eigenvalue weighted by Gasteiger charge is -2.12. The van der Waals surface area contributed by atoms with Crippen molar-refractivity contribution in [2.75, 3.05) is 25.0 Å². The molecule has 132 valence electrons. The number of ketones is 1. The van der Waals surface area contributed by atoms with Crippen LogP contribution in [0.4, 0.5) is 5.69 Å². The highest BCUT2D eigenvalue weighted by Crippen LogP contribution is 2.24. The number of carbonyl (C=O) groups is 2. The SMILES string of the molecule is CCNCCOc1ccc(NC(=O)c2c[nH]c3c2C(=O)CCC3)cn1. The summed E-state index contributed by atoms with van der Waals surface area (Å²) in [6.07, 6.45) is 5.27. The second-order valence-electron chi connectivity index (χ2n) is 5.87. The van der Waals surface area contributed by atoms with Crippen LogP contribution in [0.5, 0.6) is 5.88 Å². The van der Waals surface area contributed by atoms with Gasteiger partial charge in [0.15, 0.2) is 5.78 Å². The zero-order valence-electron chi connectivity index (χ0n) is 14.2. The van der Waals surface area contributed by atoms with Crippen molar-refractivity contribution in [2.24, 2.45) is 0 Å². The number of carbonyl (C=O) groups excluding carboxylic acids is 2. The maximum atomic E-state index is 12.5. The van der Waals surface area contributed by atoms with Crippen LogP contribution in [0.1, 0.15) is 46.2 Å². The molecule has 1 aliphatic carbocycles. The number of anilines is 1. The highest BCUT2D eigenvalue weighted by molar-refractivity contribution is 6.13. The molecule has 0 unspecified atom stereocenters. The Balaban J connectivity index is 1.62. The van der Waals surface area contributed by atoms with Crippen LogP contribution in [0.25, 0.3) is 0 Å². The van der Waals surface area contributed by atoms with Crippen LogP contribution in [0, 0.1) is 0 Å². The van der Waals surface area contributed by atoms with Gasteiger partial charge >= 0.3 is 0 Å². The van der Waals surface area contributed by atoms with Crippen molar-refractivity contribution in [3.05, 3.63) is 41.3 Å². The molecule has 0 spiro atoms. The summed E-state index contributed by atoms with van der Waals surface area (Å²) < 4.78 is 5.49. The fraction of sp³-hybridized carbons (Fsp3) is 0.389. The first-order valence-corrected chi connectivity index (χ1v) is 8.53. The van der Waals surface area contributed by atoms with E-state index < -0.39 is 0 Å². The molecule has 2 aromatic rings. The molecule has 0 atom stereocenters. The Kier molecular flexibility index (Phi) is 5.45. The van der Waals surface area contributed by atoms with E-state index in [2.05, 4.69) is 20.6 Å². The Morgan fingerprint density at radius 3 is 3.00 bits per heavy atom. The molecule has 0 saturated carbocycles. The molecule has 0 aliphatic heterocycles. The molecule has 0 radical (unpaired) electrons. The van der Waals surface area contributed by atoms with Crippen molar-refractivity contribution in [1.82, 2.24) is 15.3 Å². The second-order valence-corrected chi connectivity index (χ2v) is 5.87. The lowest BCUT2D eigenvalue weighted by Crippen LogP contribution is -2.20. The molecule has 0 bridgehead atoms. The molecule has 1 amide bonds. The minimum Gasteiger partial charge on any atom is -0.476 e. The van der Waals surface area contributed by atoms with E-state index in [4.69, 9.17) is 4.74 Å². The van der Waals surface area contributed by atoms with Gasteiger partial charge in [0, 0.05) is 30.9 Å². The summed E-state index contributed by atoms with van der Waals surface area (Å²) in [6, 6.07) is 3.44. The van der Waals surface area contributed by atoms with E-state index in [1.165, 1.54) is 0 Å². The quantitative estimate of drug-likeness (QED) is 0.670. The van der Waals surface area contributed by atoms with Gasteiger partial charge in [-0.05, 0) is 25.5 Å². The van der Waals surface area contributed by atoms with E-state index in [0.29, 0.717) is 35.7 Å². The van der Waals surface area contributed by atoms with Crippen molar-refractivity contribution in [3.8, 4) is 5.88 Å². The number of nitrogens with zero attached hydrogens (tertiary/aromatic N) is 1. The summed E-state index contributed by atoms with van der Waals surface area (Å²) in [5.74, 6) is 0.218. The van der Waals surface area contributed by atoms with E-state index >= 15 is 0 Å². The molecule has 2 heterocycles. The molecule has 25 heavy (non-hydrogen) atoms. The normalized spacial score (nSPS) is 13.4. The predicted octanol–water partition coefficient (Wildman–Crippen LogP) is 2.17. The summed E-state index contributed by atoms with van der Waals surface area (Å²) in [5.41, 5.74) is 2.33. The van der Waals surface area contributed by atoms with Crippen molar-refractivity contribution < 1.29 is 14.3 Å². The number of aromatic nitrogens is 2. The van der Waals surface area contributed by atoms with Crippen LogP contribution in [0.3, 0.4) is 0 Å². The largest absolute Gasteiger partial charge is 0.476 e. The van der Waals surface area contributed by atoms with E-state index in [9.17, 15) is 9.59 Å². The fourth-order valence-electron chi connectivity index (χ4n) is 2.85. The zero-order valence-corrected chi connectivity index (χ0v) is 14.2. The molecule has 7 heteroatoms. The van der Waals surface area contributed by atoms with Gasteiger partial charge in [-0.2, -0.15) is 0 Å². The molecular weight excluding hydrogens is 320 g/mol. The molecule has 1 aliphatic rings. The lowest BCUT2D eigenvalue weighted by atomic mass is 9.93. The first kappa shape index (κ1) is 17.2. The lowest BCUT2D eigenvalue weighted by molar-refractivity contribution is 0.0956. The Bertz CT molecular complexity index is 752. The highest BCUT2D eigenvalue weighted by Gasteiger charge is 2.25. The maximum absolute atomic E-state index is 12.5. The van der Waals surface area contributed by atoms with E-state index in [-0.39, 0.29) is 11.7 Å². The molecule has 0 aromatic carbocycles. The van der Waals surface area contributed by atoms with Crippen LogP contribution in [0.2, 0.25) is 0 Å². The summed E-state index contributed by atoms with van der Waals surface area (Å²) in [5, 5.41) is 5.94. The van der Waals surface area contributed by atoms with Crippen molar-refractivity contribution in [1.29, 1.82) is 0 Å². The van der Waals surface area contributed by atoms with Gasteiger partial charge in [-0.3, -0.25) is 9.59 Å². The van der Waals surface area contributed by atoms with Gasteiger partial charge in [-0.15, -0.1) is 0 Å². The minimum atomic E-state index is -0.310. The van der Waals surface area contributed by atoms with Crippen LogP contribution >= 0.6 is 0 Å². The topological polar surface area (TPSA) is 96.1 Å².